The van der Waals surface area contributed by atoms with Crippen LogP contribution < -0.4 is 5.32 Å². The van der Waals surface area contributed by atoms with Crippen molar-refractivity contribution in [3.63, 3.8) is 0 Å². The number of halogens is 2. The average molecular weight is 290 g/mol. The predicted octanol–water partition coefficient (Wildman–Crippen LogP) is 2.07. The topological polar surface area (TPSA) is 69.6 Å². The number of carbonyl (C=O) groups excluding carboxylic acids is 1. The van der Waals surface area contributed by atoms with Crippen LogP contribution in [0.2, 0.25) is 0 Å². The maximum Gasteiger partial charge on any atom is 0.326 e. The Kier molecular flexibility index (Phi) is 4.77. The quantitative estimate of drug-likeness (QED) is 0.836. The average Bonchev–Trinajstić information content (AvgIpc) is 2.43. The van der Waals surface area contributed by atoms with Gasteiger partial charge in [-0.1, -0.05) is 12.8 Å². The highest BCUT2D eigenvalue weighted by atomic mass is 19.3. The van der Waals surface area contributed by atoms with Crippen LogP contribution in [0.4, 0.5) is 13.6 Å². The Morgan fingerprint density at radius 3 is 2.55 bits per heavy atom. The number of piperidine rings is 1. The summed E-state index contributed by atoms with van der Waals surface area (Å²) in [6, 6.07) is -1.70. The molecule has 2 amide bonds. The van der Waals surface area contributed by atoms with Crippen molar-refractivity contribution in [3.05, 3.63) is 0 Å². The van der Waals surface area contributed by atoms with E-state index in [0.717, 1.165) is 32.1 Å². The van der Waals surface area contributed by atoms with Gasteiger partial charge in [0, 0.05) is 6.04 Å². The van der Waals surface area contributed by atoms with E-state index in [4.69, 9.17) is 0 Å². The summed E-state index contributed by atoms with van der Waals surface area (Å²) in [6.45, 7) is -0.737. The molecule has 0 aromatic carbocycles. The van der Waals surface area contributed by atoms with Crippen LogP contribution in [0.1, 0.15) is 38.5 Å². The molecule has 2 aliphatic rings. The third-order valence-electron chi connectivity index (χ3n) is 4.30. The number of carboxylic acid groups (broad SMARTS) is 1. The second-order valence-electron chi connectivity index (χ2n) is 5.53. The highest BCUT2D eigenvalue weighted by Crippen LogP contribution is 2.37. The molecule has 0 bridgehead atoms. The zero-order chi connectivity index (χ0) is 14.7. The van der Waals surface area contributed by atoms with Gasteiger partial charge in [0.25, 0.3) is 6.43 Å². The lowest BCUT2D eigenvalue weighted by molar-refractivity contribution is -0.145. The molecule has 5 nitrogen and oxygen atoms in total. The first kappa shape index (κ1) is 15.0. The smallest absolute Gasteiger partial charge is 0.326 e. The summed E-state index contributed by atoms with van der Waals surface area (Å²) in [7, 11) is 0. The van der Waals surface area contributed by atoms with E-state index in [9.17, 15) is 23.5 Å². The van der Waals surface area contributed by atoms with Crippen LogP contribution in [0.3, 0.4) is 0 Å². The fourth-order valence-electron chi connectivity index (χ4n) is 3.42. The van der Waals surface area contributed by atoms with E-state index in [1.807, 2.05) is 0 Å². The highest BCUT2D eigenvalue weighted by molar-refractivity contribution is 5.83. The molecule has 0 spiro atoms. The van der Waals surface area contributed by atoms with Crippen molar-refractivity contribution in [2.75, 3.05) is 6.54 Å². The van der Waals surface area contributed by atoms with E-state index < -0.39 is 31.0 Å². The fraction of sp³-hybridized carbons (Fsp3) is 0.846. The number of urea groups is 1. The van der Waals surface area contributed by atoms with E-state index >= 15 is 0 Å². The Balaban J connectivity index is 2.12. The summed E-state index contributed by atoms with van der Waals surface area (Å²) in [4.78, 5) is 24.7. The second kappa shape index (κ2) is 6.37. The molecule has 1 saturated heterocycles. The molecule has 3 unspecified atom stereocenters. The summed E-state index contributed by atoms with van der Waals surface area (Å²) in [5, 5.41) is 11.4. The van der Waals surface area contributed by atoms with Gasteiger partial charge >= 0.3 is 12.0 Å². The number of rotatable bonds is 3. The summed E-state index contributed by atoms with van der Waals surface area (Å²) < 4.78 is 24.4. The monoisotopic (exact) mass is 290 g/mol. The van der Waals surface area contributed by atoms with E-state index in [-0.39, 0.29) is 6.04 Å². The first-order valence-corrected chi connectivity index (χ1v) is 7.08. The molecule has 2 N–H and O–H groups in total. The third-order valence-corrected chi connectivity index (χ3v) is 4.30. The molecule has 1 saturated carbocycles. The largest absolute Gasteiger partial charge is 0.480 e. The minimum absolute atomic E-state index is 0.128. The third kappa shape index (κ3) is 3.19. The molecule has 0 radical (unpaired) electrons. The number of alkyl halides is 2. The molecule has 1 aliphatic heterocycles. The van der Waals surface area contributed by atoms with Gasteiger partial charge in [0.2, 0.25) is 0 Å². The van der Waals surface area contributed by atoms with Gasteiger partial charge in [-0.25, -0.2) is 18.4 Å². The Hall–Kier alpha value is -1.40. The molecule has 20 heavy (non-hydrogen) atoms. The van der Waals surface area contributed by atoms with Gasteiger partial charge in [-0.05, 0) is 31.6 Å². The van der Waals surface area contributed by atoms with Crippen LogP contribution in [-0.2, 0) is 4.79 Å². The zero-order valence-electron chi connectivity index (χ0n) is 11.2. The summed E-state index contributed by atoms with van der Waals surface area (Å²) >= 11 is 0. The van der Waals surface area contributed by atoms with Crippen molar-refractivity contribution < 1.29 is 23.5 Å². The van der Waals surface area contributed by atoms with Gasteiger partial charge in [-0.2, -0.15) is 0 Å². The van der Waals surface area contributed by atoms with Crippen molar-refractivity contribution in [2.24, 2.45) is 5.92 Å². The Bertz CT molecular complexity index is 379. The molecular formula is C13H20F2N2O3. The Labute approximate surface area is 116 Å². The summed E-state index contributed by atoms with van der Waals surface area (Å²) in [5.41, 5.74) is 0. The lowest BCUT2D eigenvalue weighted by atomic mass is 9.76. The van der Waals surface area contributed by atoms with Gasteiger partial charge < -0.3 is 15.3 Å². The van der Waals surface area contributed by atoms with E-state index in [1.54, 1.807) is 0 Å². The first-order chi connectivity index (χ1) is 9.50. The number of carboxylic acids is 1. The number of hydrogen-bond donors (Lipinski definition) is 2. The zero-order valence-corrected chi connectivity index (χ0v) is 11.2. The summed E-state index contributed by atoms with van der Waals surface area (Å²) in [5.74, 6) is -0.752. The predicted molar refractivity (Wildman–Crippen MR) is 67.6 cm³/mol. The molecule has 0 aromatic rings. The van der Waals surface area contributed by atoms with Crippen LogP contribution in [0.25, 0.3) is 0 Å². The van der Waals surface area contributed by atoms with Gasteiger partial charge in [0.05, 0.1) is 6.54 Å². The summed E-state index contributed by atoms with van der Waals surface area (Å²) in [6.07, 6.45) is 2.34. The highest BCUT2D eigenvalue weighted by Gasteiger charge is 2.43. The standard InChI is InChI=1S/C13H20F2N2O3/c14-11(15)7-16-13(20)17-9-4-2-1-3-8(9)5-6-10(17)12(18)19/h8-11H,1-7H2,(H,16,20)(H,18,19). The van der Waals surface area contributed by atoms with Crippen molar-refractivity contribution in [2.45, 2.75) is 57.0 Å². The number of nitrogens with one attached hydrogen (secondary N) is 1. The molecule has 1 aliphatic carbocycles. The van der Waals surface area contributed by atoms with Crippen LogP contribution in [0.15, 0.2) is 0 Å². The number of amides is 2. The van der Waals surface area contributed by atoms with Crippen molar-refractivity contribution in [3.8, 4) is 0 Å². The molecule has 0 aromatic heterocycles. The number of fused-ring (bicyclic) bond motifs is 1. The first-order valence-electron chi connectivity index (χ1n) is 7.08. The molecule has 7 heteroatoms. The van der Waals surface area contributed by atoms with E-state index in [0.29, 0.717) is 12.3 Å². The fourth-order valence-corrected chi connectivity index (χ4v) is 3.42. The Morgan fingerprint density at radius 1 is 1.20 bits per heavy atom. The van der Waals surface area contributed by atoms with E-state index in [2.05, 4.69) is 5.32 Å². The van der Waals surface area contributed by atoms with Gasteiger partial charge in [-0.3, -0.25) is 0 Å². The minimum atomic E-state index is -2.63. The van der Waals surface area contributed by atoms with Crippen molar-refractivity contribution >= 4 is 12.0 Å². The number of carbonyl (C=O) groups is 2. The number of likely N-dealkylation sites (tertiary alicyclic amines) is 1. The molecule has 1 heterocycles. The van der Waals surface area contributed by atoms with Gasteiger partial charge in [0.15, 0.2) is 0 Å². The maximum atomic E-state index is 12.2. The van der Waals surface area contributed by atoms with Crippen LogP contribution in [-0.4, -0.2) is 47.1 Å². The minimum Gasteiger partial charge on any atom is -0.480 e. The van der Waals surface area contributed by atoms with Crippen LogP contribution >= 0.6 is 0 Å². The molecule has 2 fully saturated rings. The number of nitrogens with zero attached hydrogens (tertiary/aromatic N) is 1. The van der Waals surface area contributed by atoms with Gasteiger partial charge in [0.1, 0.15) is 6.04 Å². The van der Waals surface area contributed by atoms with Crippen molar-refractivity contribution in [1.82, 2.24) is 10.2 Å². The van der Waals surface area contributed by atoms with Crippen LogP contribution in [0.5, 0.6) is 0 Å². The normalized spacial score (nSPS) is 29.9. The lowest BCUT2D eigenvalue weighted by Gasteiger charge is -2.46. The van der Waals surface area contributed by atoms with E-state index in [1.165, 1.54) is 4.90 Å². The Morgan fingerprint density at radius 2 is 1.90 bits per heavy atom. The van der Waals surface area contributed by atoms with Crippen molar-refractivity contribution in [1.29, 1.82) is 0 Å². The number of hydrogen-bond acceptors (Lipinski definition) is 2. The van der Waals surface area contributed by atoms with Crippen LogP contribution in [0, 0.1) is 5.92 Å². The molecule has 114 valence electrons. The molecular weight excluding hydrogens is 270 g/mol. The SMILES string of the molecule is O=C(O)C1CCC2CCCCC2N1C(=O)NCC(F)F. The maximum absolute atomic E-state index is 12.2. The molecule has 2 rings (SSSR count). The lowest BCUT2D eigenvalue weighted by Crippen LogP contribution is -2.60. The molecule has 3 atom stereocenters. The second-order valence-corrected chi connectivity index (χ2v) is 5.53. The van der Waals surface area contributed by atoms with Gasteiger partial charge in [-0.15, -0.1) is 0 Å². The number of aliphatic carboxylic acids is 1.